The predicted octanol–water partition coefficient (Wildman–Crippen LogP) is 4.81. The molecule has 1 aromatic heterocycles. The van der Waals surface area contributed by atoms with E-state index in [2.05, 4.69) is 22.8 Å². The number of aromatic nitrogens is 2. The zero-order valence-corrected chi connectivity index (χ0v) is 19.6. The highest BCUT2D eigenvalue weighted by Crippen LogP contribution is 2.46. The van der Waals surface area contributed by atoms with Gasteiger partial charge in [0.2, 0.25) is 0 Å². The van der Waals surface area contributed by atoms with Crippen LogP contribution >= 0.6 is 0 Å². The molecule has 33 heavy (non-hydrogen) atoms. The minimum atomic E-state index is -0.893. The van der Waals surface area contributed by atoms with Crippen molar-refractivity contribution in [2.24, 2.45) is 11.8 Å². The Kier molecular flexibility index (Phi) is 5.13. The fourth-order valence-corrected chi connectivity index (χ4v) is 6.51. The van der Waals surface area contributed by atoms with Crippen molar-refractivity contribution in [3.63, 3.8) is 0 Å². The maximum atomic E-state index is 12.0. The first-order valence-corrected chi connectivity index (χ1v) is 12.6. The normalized spacial score (nSPS) is 29.6. The molecule has 7 heteroatoms. The molecule has 3 atom stereocenters. The van der Waals surface area contributed by atoms with Crippen LogP contribution in [0.1, 0.15) is 57.1 Å². The molecule has 1 saturated heterocycles. The number of amides is 1. The van der Waals surface area contributed by atoms with Gasteiger partial charge >= 0.3 is 6.09 Å². The van der Waals surface area contributed by atoms with E-state index in [0.29, 0.717) is 6.04 Å². The summed E-state index contributed by atoms with van der Waals surface area (Å²) in [6.07, 6.45) is 10.9. The quantitative estimate of drug-likeness (QED) is 0.724. The van der Waals surface area contributed by atoms with Gasteiger partial charge in [-0.3, -0.25) is 9.58 Å². The Hall–Kier alpha value is -2.54. The molecular formula is C26H34N4O3. The third-order valence-corrected chi connectivity index (χ3v) is 8.49. The lowest BCUT2D eigenvalue weighted by atomic mass is 9.91. The van der Waals surface area contributed by atoms with Crippen LogP contribution in [-0.4, -0.2) is 58.2 Å². The van der Waals surface area contributed by atoms with E-state index in [-0.39, 0.29) is 12.1 Å². The first-order valence-electron chi connectivity index (χ1n) is 12.6. The average Bonchev–Trinajstić information content (AvgIpc) is 3.44. The number of likely N-dealkylation sites (tertiary alicyclic amines) is 1. The number of hydrogen-bond acceptors (Lipinski definition) is 4. The van der Waals surface area contributed by atoms with Crippen molar-refractivity contribution < 1.29 is 14.6 Å². The molecule has 0 bridgehead atoms. The standard InChI is InChI=1S/C26H34N4O3/c1-16-6-7-23-24(30(16)26(31)32)9-8-22(25(23)33-21-4-3-5-21)19-12-27-29(15-19)20-10-17-13-28(2)14-18(17)11-20/h8-9,12,15-18,20-21H,3-7,10-11,13-14H2,1-2H3,(H,31,32)/t16-,17?,18?,20?/m0/s1. The highest BCUT2D eigenvalue weighted by molar-refractivity contribution is 5.91. The van der Waals surface area contributed by atoms with Crippen LogP contribution in [0, 0.1) is 11.8 Å². The summed E-state index contributed by atoms with van der Waals surface area (Å²) in [7, 11) is 2.23. The summed E-state index contributed by atoms with van der Waals surface area (Å²) in [5.74, 6) is 2.45. The summed E-state index contributed by atoms with van der Waals surface area (Å²) in [5, 5.41) is 14.6. The van der Waals surface area contributed by atoms with Crippen LogP contribution in [0.15, 0.2) is 24.5 Å². The maximum absolute atomic E-state index is 12.0. The van der Waals surface area contributed by atoms with Crippen LogP contribution in [0.4, 0.5) is 10.5 Å². The van der Waals surface area contributed by atoms with Gasteiger partial charge < -0.3 is 14.7 Å². The molecule has 1 N–H and O–H groups in total. The molecular weight excluding hydrogens is 416 g/mol. The smallest absolute Gasteiger partial charge is 0.412 e. The SMILES string of the molecule is C[C@H]1CCc2c(ccc(-c3cnn(C4CC5CN(C)CC5C4)c3)c2OC2CCC2)N1C(=O)O. The van der Waals surface area contributed by atoms with Gasteiger partial charge in [-0.2, -0.15) is 5.10 Å². The summed E-state index contributed by atoms with van der Waals surface area (Å²) < 4.78 is 8.72. The van der Waals surface area contributed by atoms with Crippen LogP contribution in [-0.2, 0) is 6.42 Å². The van der Waals surface area contributed by atoms with E-state index in [0.717, 1.165) is 65.6 Å². The molecule has 2 saturated carbocycles. The minimum Gasteiger partial charge on any atom is -0.489 e. The first kappa shape index (κ1) is 21.0. The predicted molar refractivity (Wildman–Crippen MR) is 127 cm³/mol. The van der Waals surface area contributed by atoms with Crippen molar-refractivity contribution >= 4 is 11.8 Å². The molecule has 0 radical (unpaired) electrons. The van der Waals surface area contributed by atoms with Gasteiger partial charge in [0.1, 0.15) is 5.75 Å². The van der Waals surface area contributed by atoms with Gasteiger partial charge in [0.25, 0.3) is 0 Å². The van der Waals surface area contributed by atoms with E-state index in [1.165, 1.54) is 37.3 Å². The number of ether oxygens (including phenoxy) is 1. The van der Waals surface area contributed by atoms with Gasteiger partial charge in [-0.1, -0.05) is 0 Å². The van der Waals surface area contributed by atoms with Crippen molar-refractivity contribution in [1.29, 1.82) is 0 Å². The highest BCUT2D eigenvalue weighted by Gasteiger charge is 2.40. The summed E-state index contributed by atoms with van der Waals surface area (Å²) in [5.41, 5.74) is 3.93. The zero-order valence-electron chi connectivity index (χ0n) is 19.6. The Morgan fingerprint density at radius 2 is 1.91 bits per heavy atom. The Bertz CT molecular complexity index is 1050. The second kappa shape index (κ2) is 8.05. The third-order valence-electron chi connectivity index (χ3n) is 8.49. The molecule has 1 aromatic carbocycles. The summed E-state index contributed by atoms with van der Waals surface area (Å²) in [6, 6.07) is 4.45. The van der Waals surface area contributed by atoms with Crippen molar-refractivity contribution in [3.8, 4) is 16.9 Å². The van der Waals surface area contributed by atoms with Gasteiger partial charge in [0.15, 0.2) is 0 Å². The lowest BCUT2D eigenvalue weighted by Crippen LogP contribution is -2.41. The van der Waals surface area contributed by atoms with Crippen LogP contribution in [0.2, 0.25) is 0 Å². The lowest BCUT2D eigenvalue weighted by Gasteiger charge is -2.36. The van der Waals surface area contributed by atoms with E-state index < -0.39 is 6.09 Å². The first-order chi connectivity index (χ1) is 16.0. The number of rotatable bonds is 4. The second-order valence-electron chi connectivity index (χ2n) is 10.7. The summed E-state index contributed by atoms with van der Waals surface area (Å²) in [6.45, 7) is 4.40. The number of carboxylic acid groups (broad SMARTS) is 1. The maximum Gasteiger partial charge on any atom is 0.412 e. The Balaban J connectivity index is 1.34. The van der Waals surface area contributed by atoms with Crippen molar-refractivity contribution in [2.45, 2.75) is 70.1 Å². The molecule has 1 amide bonds. The molecule has 0 spiro atoms. The van der Waals surface area contributed by atoms with Crippen LogP contribution < -0.4 is 9.64 Å². The Morgan fingerprint density at radius 3 is 2.58 bits per heavy atom. The fourth-order valence-electron chi connectivity index (χ4n) is 6.51. The molecule has 2 aliphatic heterocycles. The Labute approximate surface area is 195 Å². The van der Waals surface area contributed by atoms with Gasteiger partial charge in [-0.15, -0.1) is 0 Å². The Morgan fingerprint density at radius 1 is 1.15 bits per heavy atom. The number of benzene rings is 1. The number of carbonyl (C=O) groups is 1. The molecule has 2 unspecified atom stereocenters. The van der Waals surface area contributed by atoms with E-state index in [4.69, 9.17) is 9.84 Å². The zero-order chi connectivity index (χ0) is 22.7. The second-order valence-corrected chi connectivity index (χ2v) is 10.7. The number of fused-ring (bicyclic) bond motifs is 2. The number of nitrogens with zero attached hydrogens (tertiary/aromatic N) is 4. The average molecular weight is 451 g/mol. The van der Waals surface area contributed by atoms with Crippen LogP contribution in [0.5, 0.6) is 5.75 Å². The molecule has 3 fully saturated rings. The molecule has 2 aromatic rings. The topological polar surface area (TPSA) is 70.8 Å². The molecule has 176 valence electrons. The monoisotopic (exact) mass is 450 g/mol. The van der Waals surface area contributed by atoms with E-state index in [9.17, 15) is 9.90 Å². The molecule has 4 aliphatic rings. The molecule has 7 nitrogen and oxygen atoms in total. The van der Waals surface area contributed by atoms with Crippen LogP contribution in [0.3, 0.4) is 0 Å². The van der Waals surface area contributed by atoms with Crippen LogP contribution in [0.25, 0.3) is 11.1 Å². The minimum absolute atomic E-state index is 0.0268. The third kappa shape index (κ3) is 3.61. The summed E-state index contributed by atoms with van der Waals surface area (Å²) in [4.78, 5) is 16.0. The fraction of sp³-hybridized carbons (Fsp3) is 0.615. The van der Waals surface area contributed by atoms with Gasteiger partial charge in [-0.05, 0) is 82.9 Å². The highest BCUT2D eigenvalue weighted by atomic mass is 16.5. The van der Waals surface area contributed by atoms with Gasteiger partial charge in [-0.25, -0.2) is 4.79 Å². The summed E-state index contributed by atoms with van der Waals surface area (Å²) >= 11 is 0. The van der Waals surface area contributed by atoms with E-state index in [1.54, 1.807) is 0 Å². The van der Waals surface area contributed by atoms with Gasteiger partial charge in [0.05, 0.1) is 24.0 Å². The van der Waals surface area contributed by atoms with Crippen molar-refractivity contribution in [3.05, 3.63) is 30.1 Å². The number of hydrogen-bond donors (Lipinski definition) is 1. The van der Waals surface area contributed by atoms with E-state index in [1.807, 2.05) is 25.3 Å². The van der Waals surface area contributed by atoms with Crippen molar-refractivity contribution in [2.75, 3.05) is 25.0 Å². The van der Waals surface area contributed by atoms with Gasteiger partial charge in [0, 0.05) is 42.0 Å². The largest absolute Gasteiger partial charge is 0.489 e. The molecule has 2 aliphatic carbocycles. The lowest BCUT2D eigenvalue weighted by molar-refractivity contribution is 0.119. The molecule has 3 heterocycles. The molecule has 6 rings (SSSR count). The van der Waals surface area contributed by atoms with Crippen molar-refractivity contribution in [1.82, 2.24) is 14.7 Å². The number of anilines is 1. The van der Waals surface area contributed by atoms with E-state index >= 15 is 0 Å².